The maximum Gasteiger partial charge on any atom is 0.291 e. The molecule has 0 radical (unpaired) electrons. The second kappa shape index (κ2) is 7.68. The van der Waals surface area contributed by atoms with Crippen LogP contribution in [-0.2, 0) is 17.9 Å². The number of amides is 2. The number of hydrogen-bond acceptors (Lipinski definition) is 3. The van der Waals surface area contributed by atoms with Gasteiger partial charge in [0.05, 0.1) is 17.6 Å². The first-order valence-electron chi connectivity index (χ1n) is 10.8. The molecule has 5 rings (SSSR count). The van der Waals surface area contributed by atoms with E-state index in [2.05, 4.69) is 10.3 Å². The topological polar surface area (TPSA) is 67.2 Å². The van der Waals surface area contributed by atoms with Gasteiger partial charge < -0.3 is 14.8 Å². The summed E-state index contributed by atoms with van der Waals surface area (Å²) in [4.78, 5) is 33.5. The van der Waals surface area contributed by atoms with Crippen LogP contribution in [-0.4, -0.2) is 37.8 Å². The number of para-hydroxylation sites is 2. The summed E-state index contributed by atoms with van der Waals surface area (Å²) in [5.41, 5.74) is 1.46. The molecule has 160 valence electrons. The van der Waals surface area contributed by atoms with Gasteiger partial charge in [-0.2, -0.15) is 0 Å². The van der Waals surface area contributed by atoms with E-state index in [4.69, 9.17) is 11.6 Å². The van der Waals surface area contributed by atoms with E-state index in [0.29, 0.717) is 17.4 Å². The van der Waals surface area contributed by atoms with Crippen molar-refractivity contribution in [2.75, 3.05) is 0 Å². The number of carbonyl (C=O) groups excluding carboxylic acids is 2. The number of fused-ring (bicyclic) bond motifs is 3. The maximum absolute atomic E-state index is 13.7. The van der Waals surface area contributed by atoms with Crippen LogP contribution in [0.2, 0.25) is 5.02 Å². The lowest BCUT2D eigenvalue weighted by atomic mass is 9.93. The summed E-state index contributed by atoms with van der Waals surface area (Å²) in [5.74, 6) is 0.0130. The Hall–Kier alpha value is -2.86. The van der Waals surface area contributed by atoms with Gasteiger partial charge in [-0.05, 0) is 49.6 Å². The molecule has 2 aromatic carbocycles. The van der Waals surface area contributed by atoms with Crippen LogP contribution in [0.5, 0.6) is 0 Å². The number of benzene rings is 2. The first-order valence-corrected chi connectivity index (χ1v) is 11.2. The van der Waals surface area contributed by atoms with Crippen molar-refractivity contribution < 1.29 is 9.59 Å². The molecule has 6 nitrogen and oxygen atoms in total. The van der Waals surface area contributed by atoms with Crippen molar-refractivity contribution in [1.29, 1.82) is 0 Å². The maximum atomic E-state index is 13.7. The molecule has 1 N–H and O–H groups in total. The molecule has 2 amide bonds. The number of rotatable bonds is 4. The molecule has 1 saturated carbocycles. The van der Waals surface area contributed by atoms with Gasteiger partial charge in [-0.3, -0.25) is 9.59 Å². The Kier molecular flexibility index (Phi) is 4.97. The number of hydrogen-bond donors (Lipinski definition) is 1. The summed E-state index contributed by atoms with van der Waals surface area (Å²) in [6.45, 7) is 2.50. The largest absolute Gasteiger partial charge is 0.351 e. The minimum Gasteiger partial charge on any atom is -0.351 e. The number of nitrogens with zero attached hydrogens (tertiary/aromatic N) is 3. The number of halogens is 1. The van der Waals surface area contributed by atoms with Gasteiger partial charge in [-0.25, -0.2) is 4.98 Å². The molecule has 0 spiro atoms. The molecule has 1 aromatic heterocycles. The van der Waals surface area contributed by atoms with Crippen molar-refractivity contribution in [1.82, 2.24) is 19.8 Å². The summed E-state index contributed by atoms with van der Waals surface area (Å²) in [7, 11) is 0. The fraction of sp³-hybridized carbons (Fsp3) is 0.375. The van der Waals surface area contributed by atoms with Crippen molar-refractivity contribution in [2.24, 2.45) is 0 Å². The standard InChI is InChI=1S/C24H25ClN4O2/c1-24(23(31)26-18-9-2-3-10-18)15-28-20-12-5-4-11-19(20)27-21(28)22(30)29(24)14-16-7-6-8-17(25)13-16/h4-8,11-13,18H,2-3,9-10,14-15H2,1H3,(H,26,31)/t24-/m1/s1. The number of nitrogens with one attached hydrogen (secondary N) is 1. The average Bonchev–Trinajstić information content (AvgIpc) is 3.39. The first-order chi connectivity index (χ1) is 15.0. The molecule has 3 aromatic rings. The molecule has 7 heteroatoms. The molecule has 1 fully saturated rings. The minimum absolute atomic E-state index is 0.113. The van der Waals surface area contributed by atoms with Crippen LogP contribution in [0.1, 0.15) is 48.8 Å². The Morgan fingerprint density at radius 3 is 2.74 bits per heavy atom. The smallest absolute Gasteiger partial charge is 0.291 e. The third-order valence-corrected chi connectivity index (χ3v) is 6.80. The third kappa shape index (κ3) is 3.49. The van der Waals surface area contributed by atoms with E-state index in [1.165, 1.54) is 0 Å². The van der Waals surface area contributed by atoms with Crippen LogP contribution in [0.15, 0.2) is 48.5 Å². The van der Waals surface area contributed by atoms with E-state index < -0.39 is 5.54 Å². The first kappa shape index (κ1) is 20.1. The van der Waals surface area contributed by atoms with Gasteiger partial charge in [-0.15, -0.1) is 0 Å². The summed E-state index contributed by atoms with van der Waals surface area (Å²) in [6, 6.07) is 15.3. The Morgan fingerprint density at radius 1 is 1.19 bits per heavy atom. The van der Waals surface area contributed by atoms with Gasteiger partial charge in [0.15, 0.2) is 5.82 Å². The highest BCUT2D eigenvalue weighted by atomic mass is 35.5. The number of aromatic nitrogens is 2. The van der Waals surface area contributed by atoms with E-state index >= 15 is 0 Å². The Balaban J connectivity index is 1.57. The zero-order valence-corrected chi connectivity index (χ0v) is 18.2. The van der Waals surface area contributed by atoms with E-state index in [-0.39, 0.29) is 24.4 Å². The van der Waals surface area contributed by atoms with E-state index in [0.717, 1.165) is 42.3 Å². The van der Waals surface area contributed by atoms with Crippen LogP contribution >= 0.6 is 11.6 Å². The van der Waals surface area contributed by atoms with Crippen LogP contribution in [0, 0.1) is 0 Å². The second-order valence-electron chi connectivity index (χ2n) is 8.76. The molecule has 31 heavy (non-hydrogen) atoms. The molecular weight excluding hydrogens is 412 g/mol. The van der Waals surface area contributed by atoms with E-state index in [9.17, 15) is 9.59 Å². The van der Waals surface area contributed by atoms with Gasteiger partial charge >= 0.3 is 0 Å². The Bertz CT molecular complexity index is 1170. The highest BCUT2D eigenvalue weighted by Gasteiger charge is 2.48. The monoisotopic (exact) mass is 436 g/mol. The minimum atomic E-state index is -1.04. The molecule has 0 saturated heterocycles. The zero-order chi connectivity index (χ0) is 21.6. The number of imidazole rings is 1. The fourth-order valence-corrected chi connectivity index (χ4v) is 5.02. The summed E-state index contributed by atoms with van der Waals surface area (Å²) in [6.07, 6.45) is 4.24. The quantitative estimate of drug-likeness (QED) is 0.667. The molecule has 0 unspecified atom stereocenters. The van der Waals surface area contributed by atoms with Crippen LogP contribution < -0.4 is 5.32 Å². The molecule has 1 aliphatic heterocycles. The van der Waals surface area contributed by atoms with Crippen molar-refractivity contribution in [3.05, 3.63) is 64.9 Å². The van der Waals surface area contributed by atoms with Crippen molar-refractivity contribution in [3.63, 3.8) is 0 Å². The predicted molar refractivity (Wildman–Crippen MR) is 120 cm³/mol. The number of carbonyl (C=O) groups is 2. The second-order valence-corrected chi connectivity index (χ2v) is 9.20. The van der Waals surface area contributed by atoms with Crippen molar-refractivity contribution >= 4 is 34.4 Å². The normalized spacial score (nSPS) is 21.5. The predicted octanol–water partition coefficient (Wildman–Crippen LogP) is 4.16. The average molecular weight is 437 g/mol. The van der Waals surface area contributed by atoms with Gasteiger partial charge in [0.2, 0.25) is 5.91 Å². The van der Waals surface area contributed by atoms with E-state index in [1.807, 2.05) is 54.0 Å². The highest BCUT2D eigenvalue weighted by Crippen LogP contribution is 2.33. The van der Waals surface area contributed by atoms with E-state index in [1.54, 1.807) is 11.0 Å². The molecule has 2 heterocycles. The van der Waals surface area contributed by atoms with Gasteiger partial charge in [0, 0.05) is 17.6 Å². The summed E-state index contributed by atoms with van der Waals surface area (Å²) >= 11 is 6.18. The van der Waals surface area contributed by atoms with Crippen LogP contribution in [0.25, 0.3) is 11.0 Å². The fourth-order valence-electron chi connectivity index (χ4n) is 4.81. The Morgan fingerprint density at radius 2 is 1.97 bits per heavy atom. The highest BCUT2D eigenvalue weighted by molar-refractivity contribution is 6.30. The third-order valence-electron chi connectivity index (χ3n) is 6.56. The van der Waals surface area contributed by atoms with Gasteiger partial charge in [-0.1, -0.05) is 48.7 Å². The van der Waals surface area contributed by atoms with Gasteiger partial charge in [0.1, 0.15) is 5.54 Å². The zero-order valence-electron chi connectivity index (χ0n) is 17.5. The molecule has 0 bridgehead atoms. The molecule has 2 aliphatic rings. The van der Waals surface area contributed by atoms with Crippen LogP contribution in [0.4, 0.5) is 0 Å². The summed E-state index contributed by atoms with van der Waals surface area (Å²) in [5, 5.41) is 3.82. The SMILES string of the molecule is C[C@]1(C(=O)NC2CCCC2)Cn2c(nc3ccccc32)C(=O)N1Cc1cccc(Cl)c1. The summed E-state index contributed by atoms with van der Waals surface area (Å²) < 4.78 is 1.89. The lowest BCUT2D eigenvalue weighted by Gasteiger charge is -2.44. The molecule has 1 aliphatic carbocycles. The van der Waals surface area contributed by atoms with Gasteiger partial charge in [0.25, 0.3) is 5.91 Å². The lowest BCUT2D eigenvalue weighted by molar-refractivity contribution is -0.133. The molecule has 1 atom stereocenters. The molecular formula is C24H25ClN4O2. The van der Waals surface area contributed by atoms with Crippen molar-refractivity contribution in [2.45, 2.75) is 57.3 Å². The lowest BCUT2D eigenvalue weighted by Crippen LogP contribution is -2.64. The van der Waals surface area contributed by atoms with Crippen LogP contribution in [0.3, 0.4) is 0 Å². The Labute approximate surface area is 186 Å². The van der Waals surface area contributed by atoms with Crippen molar-refractivity contribution in [3.8, 4) is 0 Å².